The summed E-state index contributed by atoms with van der Waals surface area (Å²) in [4.78, 5) is 0. The van der Waals surface area contributed by atoms with E-state index in [1.54, 1.807) is 0 Å². The summed E-state index contributed by atoms with van der Waals surface area (Å²) < 4.78 is 27.3. The van der Waals surface area contributed by atoms with Crippen molar-refractivity contribution in [3.8, 4) is 12.3 Å². The SMILES string of the molecule is C#CCCCNS(=O)(=O)NC1CC1. The van der Waals surface area contributed by atoms with Crippen molar-refractivity contribution in [2.75, 3.05) is 6.54 Å². The van der Waals surface area contributed by atoms with E-state index in [4.69, 9.17) is 6.42 Å². The topological polar surface area (TPSA) is 58.2 Å². The van der Waals surface area contributed by atoms with Gasteiger partial charge in [0.15, 0.2) is 0 Å². The first-order valence-electron chi connectivity index (χ1n) is 4.34. The largest absolute Gasteiger partial charge is 0.277 e. The quantitative estimate of drug-likeness (QED) is 0.470. The zero-order chi connectivity index (χ0) is 9.73. The Morgan fingerprint density at radius 1 is 1.46 bits per heavy atom. The van der Waals surface area contributed by atoms with Gasteiger partial charge in [0, 0.05) is 19.0 Å². The Labute approximate surface area is 79.3 Å². The highest BCUT2D eigenvalue weighted by molar-refractivity contribution is 7.87. The van der Waals surface area contributed by atoms with Crippen LogP contribution in [0, 0.1) is 12.3 Å². The van der Waals surface area contributed by atoms with Gasteiger partial charge >= 0.3 is 0 Å². The Kier molecular flexibility index (Phi) is 3.72. The van der Waals surface area contributed by atoms with Crippen molar-refractivity contribution in [2.24, 2.45) is 0 Å². The predicted octanol–water partition coefficient (Wildman–Crippen LogP) is -0.0138. The molecule has 13 heavy (non-hydrogen) atoms. The first kappa shape index (κ1) is 10.5. The first-order chi connectivity index (χ1) is 6.14. The average Bonchev–Trinajstić information content (AvgIpc) is 2.81. The molecule has 1 aliphatic carbocycles. The Morgan fingerprint density at radius 2 is 2.15 bits per heavy atom. The Hall–Kier alpha value is -0.570. The molecule has 2 N–H and O–H groups in total. The minimum absolute atomic E-state index is 0.158. The maximum Gasteiger partial charge on any atom is 0.277 e. The summed E-state index contributed by atoms with van der Waals surface area (Å²) in [6, 6.07) is 0.158. The van der Waals surface area contributed by atoms with Crippen LogP contribution in [-0.4, -0.2) is 21.0 Å². The van der Waals surface area contributed by atoms with Gasteiger partial charge in [-0.1, -0.05) is 0 Å². The second kappa shape index (κ2) is 4.61. The van der Waals surface area contributed by atoms with E-state index in [1.807, 2.05) is 0 Å². The molecule has 0 aliphatic heterocycles. The van der Waals surface area contributed by atoms with Crippen LogP contribution in [0.3, 0.4) is 0 Å². The molecule has 0 spiro atoms. The van der Waals surface area contributed by atoms with E-state index in [0.717, 1.165) is 12.8 Å². The first-order valence-corrected chi connectivity index (χ1v) is 5.83. The van der Waals surface area contributed by atoms with Gasteiger partial charge in [0.2, 0.25) is 0 Å². The highest BCUT2D eigenvalue weighted by Gasteiger charge is 2.26. The molecule has 1 saturated carbocycles. The Morgan fingerprint density at radius 3 is 2.69 bits per heavy atom. The zero-order valence-electron chi connectivity index (χ0n) is 7.41. The van der Waals surface area contributed by atoms with Crippen LogP contribution in [0.15, 0.2) is 0 Å². The van der Waals surface area contributed by atoms with Crippen LogP contribution in [0.5, 0.6) is 0 Å². The summed E-state index contributed by atoms with van der Waals surface area (Å²) in [5, 5.41) is 0. The molecule has 1 rings (SSSR count). The van der Waals surface area contributed by atoms with E-state index < -0.39 is 10.2 Å². The summed E-state index contributed by atoms with van der Waals surface area (Å²) >= 11 is 0. The van der Waals surface area contributed by atoms with Gasteiger partial charge in [0.25, 0.3) is 10.2 Å². The number of hydrogen-bond acceptors (Lipinski definition) is 2. The number of nitrogens with one attached hydrogen (secondary N) is 2. The molecule has 0 atom stereocenters. The fourth-order valence-corrected chi connectivity index (χ4v) is 2.03. The third-order valence-electron chi connectivity index (χ3n) is 1.69. The van der Waals surface area contributed by atoms with E-state index >= 15 is 0 Å². The van der Waals surface area contributed by atoms with E-state index in [0.29, 0.717) is 19.4 Å². The predicted molar refractivity (Wildman–Crippen MR) is 51.1 cm³/mol. The molecule has 0 heterocycles. The van der Waals surface area contributed by atoms with Gasteiger partial charge in [0.05, 0.1) is 0 Å². The molecule has 0 saturated heterocycles. The van der Waals surface area contributed by atoms with Gasteiger partial charge < -0.3 is 0 Å². The normalized spacial score (nSPS) is 16.8. The van der Waals surface area contributed by atoms with Crippen LogP contribution in [0.1, 0.15) is 25.7 Å². The van der Waals surface area contributed by atoms with Crippen LogP contribution < -0.4 is 9.44 Å². The second-order valence-electron chi connectivity index (χ2n) is 3.10. The lowest BCUT2D eigenvalue weighted by Crippen LogP contribution is -2.38. The molecule has 5 heteroatoms. The van der Waals surface area contributed by atoms with Crippen LogP contribution in [0.2, 0.25) is 0 Å². The number of unbranched alkanes of at least 4 members (excludes halogenated alkanes) is 1. The minimum Gasteiger partial charge on any atom is -0.202 e. The van der Waals surface area contributed by atoms with Crippen molar-refractivity contribution in [1.29, 1.82) is 0 Å². The lowest BCUT2D eigenvalue weighted by Gasteiger charge is -2.05. The second-order valence-corrected chi connectivity index (χ2v) is 4.63. The van der Waals surface area contributed by atoms with Crippen molar-refractivity contribution >= 4 is 10.2 Å². The summed E-state index contributed by atoms with van der Waals surface area (Å²) in [7, 11) is -3.27. The summed E-state index contributed by atoms with van der Waals surface area (Å²) in [5.41, 5.74) is 0. The van der Waals surface area contributed by atoms with Crippen molar-refractivity contribution in [3.05, 3.63) is 0 Å². The molecule has 74 valence electrons. The van der Waals surface area contributed by atoms with Crippen molar-refractivity contribution in [3.63, 3.8) is 0 Å². The lowest BCUT2D eigenvalue weighted by atomic mass is 10.3. The van der Waals surface area contributed by atoms with E-state index in [1.165, 1.54) is 0 Å². The monoisotopic (exact) mass is 202 g/mol. The Bertz CT molecular complexity index is 288. The minimum atomic E-state index is -3.27. The third kappa shape index (κ3) is 4.88. The fourth-order valence-electron chi connectivity index (χ4n) is 0.859. The smallest absolute Gasteiger partial charge is 0.202 e. The summed E-state index contributed by atoms with van der Waals surface area (Å²) in [5.74, 6) is 2.45. The maximum atomic E-state index is 11.2. The van der Waals surface area contributed by atoms with Gasteiger partial charge in [-0.15, -0.1) is 12.3 Å². The molecule has 0 bridgehead atoms. The van der Waals surface area contributed by atoms with Crippen molar-refractivity contribution in [2.45, 2.75) is 31.7 Å². The number of rotatable bonds is 6. The molecule has 0 amide bonds. The lowest BCUT2D eigenvalue weighted by molar-refractivity contribution is 0.564. The van der Waals surface area contributed by atoms with E-state index in [-0.39, 0.29) is 6.04 Å². The number of hydrogen-bond donors (Lipinski definition) is 2. The summed E-state index contributed by atoms with van der Waals surface area (Å²) in [6.07, 6.45) is 8.21. The fraction of sp³-hybridized carbons (Fsp3) is 0.750. The van der Waals surface area contributed by atoms with E-state index in [2.05, 4.69) is 15.4 Å². The van der Waals surface area contributed by atoms with Gasteiger partial charge in [-0.05, 0) is 19.3 Å². The van der Waals surface area contributed by atoms with Crippen LogP contribution >= 0.6 is 0 Å². The third-order valence-corrected chi connectivity index (χ3v) is 2.92. The molecule has 1 fully saturated rings. The Balaban J connectivity index is 2.14. The van der Waals surface area contributed by atoms with Crippen molar-refractivity contribution < 1.29 is 8.42 Å². The molecule has 0 aromatic heterocycles. The molecular weight excluding hydrogens is 188 g/mol. The molecule has 0 aromatic carbocycles. The average molecular weight is 202 g/mol. The van der Waals surface area contributed by atoms with Gasteiger partial charge in [0.1, 0.15) is 0 Å². The van der Waals surface area contributed by atoms with Gasteiger partial charge in [-0.2, -0.15) is 13.1 Å². The zero-order valence-corrected chi connectivity index (χ0v) is 8.23. The summed E-state index contributed by atoms with van der Waals surface area (Å²) in [6.45, 7) is 0.409. The van der Waals surface area contributed by atoms with Gasteiger partial charge in [-0.25, -0.2) is 4.72 Å². The molecular formula is C8H14N2O2S. The molecule has 0 aromatic rings. The van der Waals surface area contributed by atoms with E-state index in [9.17, 15) is 8.42 Å². The highest BCUT2D eigenvalue weighted by atomic mass is 32.2. The van der Waals surface area contributed by atoms with Crippen LogP contribution in [0.4, 0.5) is 0 Å². The highest BCUT2D eigenvalue weighted by Crippen LogP contribution is 2.19. The molecule has 1 aliphatic rings. The molecule has 0 radical (unpaired) electrons. The molecule has 0 unspecified atom stereocenters. The van der Waals surface area contributed by atoms with Crippen molar-refractivity contribution in [1.82, 2.24) is 9.44 Å². The van der Waals surface area contributed by atoms with Crippen LogP contribution in [-0.2, 0) is 10.2 Å². The van der Waals surface area contributed by atoms with Crippen LogP contribution in [0.25, 0.3) is 0 Å². The maximum absolute atomic E-state index is 11.2. The van der Waals surface area contributed by atoms with Gasteiger partial charge in [-0.3, -0.25) is 0 Å². The molecule has 4 nitrogen and oxygen atoms in total. The number of terminal acetylenes is 1. The standard InChI is InChI=1S/C8H14N2O2S/c1-2-3-4-7-9-13(11,12)10-8-5-6-8/h1,8-10H,3-7H2.